The van der Waals surface area contributed by atoms with Crippen LogP contribution in [-0.2, 0) is 6.54 Å². The van der Waals surface area contributed by atoms with Crippen molar-refractivity contribution in [3.05, 3.63) is 63.6 Å². The first-order valence-electron chi connectivity index (χ1n) is 7.56. The third-order valence-electron chi connectivity index (χ3n) is 3.72. The Hall–Kier alpha value is -1.87. The van der Waals surface area contributed by atoms with Crippen molar-refractivity contribution in [2.24, 2.45) is 0 Å². The van der Waals surface area contributed by atoms with Gasteiger partial charge < -0.3 is 9.88 Å². The monoisotopic (exact) mass is 284 g/mol. The van der Waals surface area contributed by atoms with E-state index < -0.39 is 0 Å². The first-order chi connectivity index (χ1) is 10.0. The minimum absolute atomic E-state index is 0.100. The van der Waals surface area contributed by atoms with Gasteiger partial charge in [-0.3, -0.25) is 4.79 Å². The highest BCUT2D eigenvalue weighted by Crippen LogP contribution is 2.17. The topological polar surface area (TPSA) is 34.0 Å². The van der Waals surface area contributed by atoms with Crippen LogP contribution in [0.4, 0.5) is 0 Å². The number of aromatic nitrogens is 1. The average molecular weight is 284 g/mol. The van der Waals surface area contributed by atoms with Gasteiger partial charge in [0.1, 0.15) is 0 Å². The first-order valence-corrected chi connectivity index (χ1v) is 7.56. The van der Waals surface area contributed by atoms with Gasteiger partial charge in [-0.05, 0) is 37.1 Å². The second-order valence-corrected chi connectivity index (χ2v) is 5.70. The van der Waals surface area contributed by atoms with Gasteiger partial charge in [0.25, 0.3) is 0 Å². The molecule has 3 heteroatoms. The molecule has 2 aromatic rings. The molecule has 1 aromatic heterocycles. The zero-order valence-electron chi connectivity index (χ0n) is 13.3. The van der Waals surface area contributed by atoms with Crippen molar-refractivity contribution >= 4 is 0 Å². The van der Waals surface area contributed by atoms with E-state index in [1.165, 1.54) is 5.56 Å². The van der Waals surface area contributed by atoms with Gasteiger partial charge >= 0.3 is 0 Å². The van der Waals surface area contributed by atoms with Crippen LogP contribution in [0, 0.1) is 6.92 Å². The number of rotatable bonds is 5. The molecular formula is C18H24N2O. The van der Waals surface area contributed by atoms with Crippen molar-refractivity contribution in [3.63, 3.8) is 0 Å². The standard InChI is InChI=1S/C18H24N2O/c1-5-19-11-16-12-20(14(4)10-18(16)21)17-8-6-15(7-9-17)13(2)3/h6-10,12-13,19H,5,11H2,1-4H3. The van der Waals surface area contributed by atoms with Crippen molar-refractivity contribution in [3.8, 4) is 5.69 Å². The fourth-order valence-electron chi connectivity index (χ4n) is 2.36. The summed E-state index contributed by atoms with van der Waals surface area (Å²) in [6, 6.07) is 10.2. The van der Waals surface area contributed by atoms with Gasteiger partial charge in [0.2, 0.25) is 0 Å². The van der Waals surface area contributed by atoms with Crippen LogP contribution in [0.2, 0.25) is 0 Å². The van der Waals surface area contributed by atoms with Crippen LogP contribution in [-0.4, -0.2) is 11.1 Å². The Kier molecular flexibility index (Phi) is 4.97. The van der Waals surface area contributed by atoms with E-state index in [4.69, 9.17) is 0 Å². The van der Waals surface area contributed by atoms with Crippen LogP contribution in [0.15, 0.2) is 41.3 Å². The van der Waals surface area contributed by atoms with Gasteiger partial charge in [0.05, 0.1) is 0 Å². The lowest BCUT2D eigenvalue weighted by atomic mass is 10.0. The molecule has 112 valence electrons. The minimum atomic E-state index is 0.100. The van der Waals surface area contributed by atoms with Crippen LogP contribution in [0.3, 0.4) is 0 Å². The van der Waals surface area contributed by atoms with E-state index in [2.05, 4.69) is 48.0 Å². The predicted octanol–water partition coefficient (Wildman–Crippen LogP) is 3.38. The lowest BCUT2D eigenvalue weighted by molar-refractivity contribution is 0.716. The van der Waals surface area contributed by atoms with E-state index in [0.29, 0.717) is 12.5 Å². The summed E-state index contributed by atoms with van der Waals surface area (Å²) in [5.74, 6) is 0.526. The molecule has 1 aromatic carbocycles. The number of benzene rings is 1. The highest BCUT2D eigenvalue weighted by Gasteiger charge is 2.06. The molecule has 0 saturated carbocycles. The molecule has 0 unspecified atom stereocenters. The molecule has 0 bridgehead atoms. The molecule has 0 aliphatic rings. The lowest BCUT2D eigenvalue weighted by Gasteiger charge is -2.14. The Morgan fingerprint density at radius 1 is 1.19 bits per heavy atom. The summed E-state index contributed by atoms with van der Waals surface area (Å²) in [4.78, 5) is 12.0. The van der Waals surface area contributed by atoms with Crippen LogP contribution in [0.5, 0.6) is 0 Å². The molecule has 1 N–H and O–H groups in total. The fourth-order valence-corrected chi connectivity index (χ4v) is 2.36. The van der Waals surface area contributed by atoms with E-state index in [1.54, 1.807) is 6.07 Å². The van der Waals surface area contributed by atoms with Gasteiger partial charge in [0, 0.05) is 35.8 Å². The molecule has 0 radical (unpaired) electrons. The summed E-state index contributed by atoms with van der Waals surface area (Å²) in [6.07, 6.45) is 1.95. The highest BCUT2D eigenvalue weighted by atomic mass is 16.1. The molecule has 0 aliphatic heterocycles. The summed E-state index contributed by atoms with van der Waals surface area (Å²) >= 11 is 0. The molecule has 3 nitrogen and oxygen atoms in total. The van der Waals surface area contributed by atoms with Crippen molar-refractivity contribution in [2.75, 3.05) is 6.54 Å². The van der Waals surface area contributed by atoms with Gasteiger partial charge in [-0.15, -0.1) is 0 Å². The number of nitrogens with one attached hydrogen (secondary N) is 1. The van der Waals surface area contributed by atoms with Crippen LogP contribution in [0.1, 0.15) is 43.5 Å². The van der Waals surface area contributed by atoms with Crippen LogP contribution in [0.25, 0.3) is 5.69 Å². The molecule has 0 atom stereocenters. The maximum Gasteiger partial charge on any atom is 0.186 e. The number of pyridine rings is 1. The van der Waals surface area contributed by atoms with Crippen molar-refractivity contribution in [1.29, 1.82) is 0 Å². The maximum absolute atomic E-state index is 12.0. The Bertz CT molecular complexity index is 654. The third kappa shape index (κ3) is 3.61. The van der Waals surface area contributed by atoms with E-state index in [1.807, 2.05) is 20.0 Å². The van der Waals surface area contributed by atoms with Crippen molar-refractivity contribution in [1.82, 2.24) is 9.88 Å². The van der Waals surface area contributed by atoms with Crippen LogP contribution >= 0.6 is 0 Å². The second kappa shape index (κ2) is 6.72. The zero-order valence-corrected chi connectivity index (χ0v) is 13.3. The third-order valence-corrected chi connectivity index (χ3v) is 3.72. The lowest BCUT2D eigenvalue weighted by Crippen LogP contribution is -2.21. The number of hydrogen-bond acceptors (Lipinski definition) is 2. The fraction of sp³-hybridized carbons (Fsp3) is 0.389. The normalized spacial score (nSPS) is 11.1. The molecule has 1 heterocycles. The molecule has 0 fully saturated rings. The van der Waals surface area contributed by atoms with Gasteiger partial charge in [-0.2, -0.15) is 0 Å². The Morgan fingerprint density at radius 2 is 1.86 bits per heavy atom. The summed E-state index contributed by atoms with van der Waals surface area (Å²) in [5, 5.41) is 3.21. The Labute approximate surface area is 126 Å². The van der Waals surface area contributed by atoms with E-state index in [0.717, 1.165) is 23.5 Å². The molecule has 0 amide bonds. The summed E-state index contributed by atoms with van der Waals surface area (Å²) in [6.45, 7) is 9.85. The summed E-state index contributed by atoms with van der Waals surface area (Å²) < 4.78 is 2.08. The van der Waals surface area contributed by atoms with Gasteiger partial charge in [0.15, 0.2) is 5.43 Å². The smallest absolute Gasteiger partial charge is 0.186 e. The second-order valence-electron chi connectivity index (χ2n) is 5.70. The SMILES string of the molecule is CCNCc1cn(-c2ccc(C(C)C)cc2)c(C)cc1=O. The van der Waals surface area contributed by atoms with Crippen molar-refractivity contribution in [2.45, 2.75) is 40.2 Å². The average Bonchev–Trinajstić information content (AvgIpc) is 2.46. The molecule has 0 spiro atoms. The zero-order chi connectivity index (χ0) is 15.4. The molecular weight excluding hydrogens is 260 g/mol. The Balaban J connectivity index is 2.40. The van der Waals surface area contributed by atoms with Gasteiger partial charge in [-0.1, -0.05) is 32.9 Å². The number of nitrogens with zero attached hydrogens (tertiary/aromatic N) is 1. The predicted molar refractivity (Wildman–Crippen MR) is 88.2 cm³/mol. The van der Waals surface area contributed by atoms with Crippen molar-refractivity contribution < 1.29 is 0 Å². The molecule has 0 aliphatic carbocycles. The molecule has 2 rings (SSSR count). The van der Waals surface area contributed by atoms with E-state index >= 15 is 0 Å². The largest absolute Gasteiger partial charge is 0.321 e. The Morgan fingerprint density at radius 3 is 2.43 bits per heavy atom. The minimum Gasteiger partial charge on any atom is -0.321 e. The summed E-state index contributed by atoms with van der Waals surface area (Å²) in [5.41, 5.74) is 4.27. The van der Waals surface area contributed by atoms with Gasteiger partial charge in [-0.25, -0.2) is 0 Å². The molecule has 21 heavy (non-hydrogen) atoms. The maximum atomic E-state index is 12.0. The quantitative estimate of drug-likeness (QED) is 0.913. The molecule has 0 saturated heterocycles. The van der Waals surface area contributed by atoms with E-state index in [-0.39, 0.29) is 5.43 Å². The summed E-state index contributed by atoms with van der Waals surface area (Å²) in [7, 11) is 0. The first kappa shape index (κ1) is 15.5. The number of aryl methyl sites for hydroxylation is 1. The number of hydrogen-bond donors (Lipinski definition) is 1. The highest BCUT2D eigenvalue weighted by molar-refractivity contribution is 5.38. The van der Waals surface area contributed by atoms with E-state index in [9.17, 15) is 4.79 Å². The van der Waals surface area contributed by atoms with Crippen LogP contribution < -0.4 is 10.7 Å².